The summed E-state index contributed by atoms with van der Waals surface area (Å²) in [7, 11) is 0. The van der Waals surface area contributed by atoms with Crippen molar-refractivity contribution < 1.29 is 4.79 Å². The van der Waals surface area contributed by atoms with Gasteiger partial charge in [-0.3, -0.25) is 4.79 Å². The summed E-state index contributed by atoms with van der Waals surface area (Å²) < 4.78 is 0. The molecule has 0 aliphatic heterocycles. The molecule has 1 aromatic rings. The van der Waals surface area contributed by atoms with Crippen LogP contribution in [-0.4, -0.2) is 11.8 Å². The summed E-state index contributed by atoms with van der Waals surface area (Å²) in [5.41, 5.74) is 7.49. The molecule has 2 aliphatic rings. The second kappa shape index (κ2) is 4.54. The van der Waals surface area contributed by atoms with Gasteiger partial charge in [-0.1, -0.05) is 0 Å². The minimum Gasteiger partial charge on any atom is -0.327 e. The van der Waals surface area contributed by atoms with Crippen molar-refractivity contribution >= 4 is 17.1 Å². The third-order valence-electron chi connectivity index (χ3n) is 4.59. The maximum absolute atomic E-state index is 12.3. The molecule has 0 amide bonds. The van der Waals surface area contributed by atoms with Crippen molar-refractivity contribution in [2.75, 3.05) is 0 Å². The Morgan fingerprint density at radius 2 is 2.24 bits per heavy atom. The van der Waals surface area contributed by atoms with Crippen molar-refractivity contribution in [3.63, 3.8) is 0 Å². The minimum absolute atomic E-state index is 0.156. The molecule has 92 valence electrons. The molecule has 0 aromatic carbocycles. The number of ketones is 1. The van der Waals surface area contributed by atoms with Crippen LogP contribution in [0.4, 0.5) is 0 Å². The Balaban J connectivity index is 1.59. The average molecular weight is 249 g/mol. The number of carbonyl (C=O) groups excluding carboxylic acids is 1. The van der Waals surface area contributed by atoms with Gasteiger partial charge in [-0.2, -0.15) is 11.3 Å². The fourth-order valence-corrected chi connectivity index (χ4v) is 4.39. The van der Waals surface area contributed by atoms with E-state index in [4.69, 9.17) is 5.73 Å². The molecule has 17 heavy (non-hydrogen) atoms. The van der Waals surface area contributed by atoms with Gasteiger partial charge >= 0.3 is 0 Å². The van der Waals surface area contributed by atoms with E-state index in [0.29, 0.717) is 24.0 Å². The van der Waals surface area contributed by atoms with Gasteiger partial charge in [-0.25, -0.2) is 0 Å². The molecule has 2 N–H and O–H groups in total. The van der Waals surface area contributed by atoms with E-state index in [9.17, 15) is 4.79 Å². The van der Waals surface area contributed by atoms with Crippen molar-refractivity contribution in [2.45, 2.75) is 38.1 Å². The second-order valence-corrected chi connectivity index (χ2v) is 6.31. The zero-order chi connectivity index (χ0) is 11.8. The number of carbonyl (C=O) groups is 1. The predicted octanol–water partition coefficient (Wildman–Crippen LogP) is 2.62. The SMILES string of the molecule is NC1C2CCC(C2)C1C(=O)CCc1ccsc1. The van der Waals surface area contributed by atoms with Gasteiger partial charge in [0.15, 0.2) is 0 Å². The Kier molecular flexibility index (Phi) is 3.05. The first-order valence-corrected chi connectivity index (χ1v) is 7.49. The van der Waals surface area contributed by atoms with Gasteiger partial charge < -0.3 is 5.73 Å². The summed E-state index contributed by atoms with van der Waals surface area (Å²) in [6.45, 7) is 0. The van der Waals surface area contributed by atoms with Gasteiger partial charge in [0.25, 0.3) is 0 Å². The van der Waals surface area contributed by atoms with E-state index < -0.39 is 0 Å². The first kappa shape index (κ1) is 11.4. The molecule has 2 bridgehead atoms. The van der Waals surface area contributed by atoms with Crippen molar-refractivity contribution in [2.24, 2.45) is 23.5 Å². The second-order valence-electron chi connectivity index (χ2n) is 5.53. The lowest BCUT2D eigenvalue weighted by Gasteiger charge is -2.26. The molecule has 4 unspecified atom stereocenters. The van der Waals surface area contributed by atoms with E-state index in [1.165, 1.54) is 24.8 Å². The summed E-state index contributed by atoms with van der Waals surface area (Å²) >= 11 is 1.70. The zero-order valence-corrected chi connectivity index (χ0v) is 10.8. The summed E-state index contributed by atoms with van der Waals surface area (Å²) in [4.78, 5) is 12.3. The van der Waals surface area contributed by atoms with Crippen LogP contribution in [0.5, 0.6) is 0 Å². The molecule has 3 rings (SSSR count). The van der Waals surface area contributed by atoms with Gasteiger partial charge in [-0.15, -0.1) is 0 Å². The highest BCUT2D eigenvalue weighted by atomic mass is 32.1. The van der Waals surface area contributed by atoms with Gasteiger partial charge in [0, 0.05) is 18.4 Å². The van der Waals surface area contributed by atoms with Crippen molar-refractivity contribution in [3.8, 4) is 0 Å². The Bertz CT molecular complexity index is 398. The van der Waals surface area contributed by atoms with Crippen LogP contribution in [0, 0.1) is 17.8 Å². The zero-order valence-electron chi connectivity index (χ0n) is 9.97. The van der Waals surface area contributed by atoms with E-state index in [0.717, 1.165) is 6.42 Å². The maximum atomic E-state index is 12.3. The average Bonchev–Trinajstić information content (AvgIpc) is 3.02. The Hall–Kier alpha value is -0.670. The number of Topliss-reactive ketones (excluding diaryl/α,β-unsaturated/α-hetero) is 1. The van der Waals surface area contributed by atoms with Crippen LogP contribution >= 0.6 is 11.3 Å². The fourth-order valence-electron chi connectivity index (χ4n) is 3.68. The number of nitrogens with two attached hydrogens (primary N) is 1. The number of rotatable bonds is 4. The maximum Gasteiger partial charge on any atom is 0.138 e. The summed E-state index contributed by atoms with van der Waals surface area (Å²) in [5.74, 6) is 1.82. The van der Waals surface area contributed by atoms with Crippen molar-refractivity contribution in [1.29, 1.82) is 0 Å². The molecule has 0 spiro atoms. The van der Waals surface area contributed by atoms with Crippen LogP contribution in [0.2, 0.25) is 0 Å². The number of fused-ring (bicyclic) bond motifs is 2. The van der Waals surface area contributed by atoms with Gasteiger partial charge in [0.1, 0.15) is 5.78 Å². The lowest BCUT2D eigenvalue weighted by Crippen LogP contribution is -2.40. The number of thiophene rings is 1. The van der Waals surface area contributed by atoms with E-state index in [2.05, 4.69) is 16.8 Å². The van der Waals surface area contributed by atoms with Gasteiger partial charge in [-0.05, 0) is 59.9 Å². The molecule has 2 aliphatic carbocycles. The van der Waals surface area contributed by atoms with E-state index in [-0.39, 0.29) is 12.0 Å². The summed E-state index contributed by atoms with van der Waals surface area (Å²) in [5, 5.41) is 4.21. The van der Waals surface area contributed by atoms with E-state index >= 15 is 0 Å². The highest BCUT2D eigenvalue weighted by molar-refractivity contribution is 7.07. The molecular weight excluding hydrogens is 230 g/mol. The quantitative estimate of drug-likeness (QED) is 0.891. The summed E-state index contributed by atoms with van der Waals surface area (Å²) in [6.07, 6.45) is 5.25. The largest absolute Gasteiger partial charge is 0.327 e. The molecule has 4 atom stereocenters. The van der Waals surface area contributed by atoms with E-state index in [1.54, 1.807) is 11.3 Å². The normalized spacial score (nSPS) is 35.4. The van der Waals surface area contributed by atoms with Crippen LogP contribution in [0.15, 0.2) is 16.8 Å². The van der Waals surface area contributed by atoms with Crippen LogP contribution in [-0.2, 0) is 11.2 Å². The van der Waals surface area contributed by atoms with Gasteiger partial charge in [0.05, 0.1) is 0 Å². The van der Waals surface area contributed by atoms with Crippen molar-refractivity contribution in [3.05, 3.63) is 22.4 Å². The minimum atomic E-state index is 0.156. The highest BCUT2D eigenvalue weighted by Gasteiger charge is 2.48. The molecular formula is C14H19NOS. The highest BCUT2D eigenvalue weighted by Crippen LogP contribution is 2.48. The van der Waals surface area contributed by atoms with Crippen molar-refractivity contribution in [1.82, 2.24) is 0 Å². The fraction of sp³-hybridized carbons (Fsp3) is 0.643. The molecule has 1 heterocycles. The van der Waals surface area contributed by atoms with Crippen LogP contribution in [0.1, 0.15) is 31.2 Å². The monoisotopic (exact) mass is 249 g/mol. The molecule has 2 fully saturated rings. The molecule has 2 nitrogen and oxygen atoms in total. The molecule has 3 heteroatoms. The summed E-state index contributed by atoms with van der Waals surface area (Å²) in [6, 6.07) is 2.27. The lowest BCUT2D eigenvalue weighted by atomic mass is 9.81. The Labute approximate surface area is 106 Å². The van der Waals surface area contributed by atoms with Crippen LogP contribution in [0.25, 0.3) is 0 Å². The lowest BCUT2D eigenvalue weighted by molar-refractivity contribution is -0.124. The topological polar surface area (TPSA) is 43.1 Å². The van der Waals surface area contributed by atoms with Crippen LogP contribution in [0.3, 0.4) is 0 Å². The van der Waals surface area contributed by atoms with Crippen LogP contribution < -0.4 is 5.73 Å². The first-order valence-electron chi connectivity index (χ1n) is 6.55. The Morgan fingerprint density at radius 3 is 2.88 bits per heavy atom. The molecule has 1 aromatic heterocycles. The third kappa shape index (κ3) is 2.06. The predicted molar refractivity (Wildman–Crippen MR) is 69.9 cm³/mol. The number of aryl methyl sites for hydroxylation is 1. The molecule has 0 saturated heterocycles. The van der Waals surface area contributed by atoms with E-state index in [1.807, 2.05) is 0 Å². The molecule has 0 radical (unpaired) electrons. The number of hydrogen-bond acceptors (Lipinski definition) is 3. The third-order valence-corrected chi connectivity index (χ3v) is 5.32. The molecule has 2 saturated carbocycles. The standard InChI is InChI=1S/C14H19NOS/c15-14-11-3-2-10(7-11)13(14)12(16)4-1-9-5-6-17-8-9/h5-6,8,10-11,13-14H,1-4,7,15H2. The first-order chi connectivity index (χ1) is 8.25. The number of hydrogen-bond donors (Lipinski definition) is 1. The smallest absolute Gasteiger partial charge is 0.138 e. The Morgan fingerprint density at radius 1 is 1.41 bits per heavy atom. The van der Waals surface area contributed by atoms with Gasteiger partial charge in [0.2, 0.25) is 0 Å².